The highest BCUT2D eigenvalue weighted by atomic mass is 19.1. The van der Waals surface area contributed by atoms with E-state index in [0.29, 0.717) is 11.3 Å². The number of ether oxygens (including phenoxy) is 1. The van der Waals surface area contributed by atoms with E-state index >= 15 is 0 Å². The van der Waals surface area contributed by atoms with Gasteiger partial charge in [-0.2, -0.15) is 0 Å². The quantitative estimate of drug-likeness (QED) is 0.525. The third kappa shape index (κ3) is 5.17. The first-order valence-electron chi connectivity index (χ1n) is 9.99. The zero-order valence-corrected chi connectivity index (χ0v) is 17.7. The molecular weight excluding hydrogens is 402 g/mol. The second-order valence-electron chi connectivity index (χ2n) is 7.19. The van der Waals surface area contributed by atoms with Crippen LogP contribution >= 0.6 is 0 Å². The van der Waals surface area contributed by atoms with E-state index in [9.17, 15) is 18.4 Å². The van der Waals surface area contributed by atoms with Gasteiger partial charge in [0.2, 0.25) is 5.91 Å². The van der Waals surface area contributed by atoms with Crippen LogP contribution in [0.2, 0.25) is 0 Å². The number of carbonyl (C=O) groups excluding carboxylic acids is 2. The Morgan fingerprint density at radius 3 is 2.42 bits per heavy atom. The molecule has 7 heteroatoms. The van der Waals surface area contributed by atoms with Crippen LogP contribution in [0.15, 0.2) is 48.5 Å². The van der Waals surface area contributed by atoms with Crippen molar-refractivity contribution in [3.63, 3.8) is 0 Å². The summed E-state index contributed by atoms with van der Waals surface area (Å²) in [7, 11) is 0. The van der Waals surface area contributed by atoms with Crippen molar-refractivity contribution in [2.45, 2.75) is 33.7 Å². The number of nitrogens with one attached hydrogen (secondary N) is 1. The van der Waals surface area contributed by atoms with Gasteiger partial charge in [0, 0.05) is 30.4 Å². The van der Waals surface area contributed by atoms with Gasteiger partial charge < -0.3 is 14.6 Å². The van der Waals surface area contributed by atoms with Crippen LogP contribution in [0.1, 0.15) is 35.0 Å². The van der Waals surface area contributed by atoms with Crippen molar-refractivity contribution in [3.8, 4) is 11.3 Å². The highest BCUT2D eigenvalue weighted by molar-refractivity contribution is 5.93. The minimum absolute atomic E-state index is 0.00655. The predicted molar refractivity (Wildman–Crippen MR) is 115 cm³/mol. The molecule has 1 aromatic heterocycles. The van der Waals surface area contributed by atoms with Crippen molar-refractivity contribution >= 4 is 17.6 Å². The summed E-state index contributed by atoms with van der Waals surface area (Å²) in [6, 6.07) is 12.4. The summed E-state index contributed by atoms with van der Waals surface area (Å²) in [5, 5.41) is 2.40. The fraction of sp³-hybridized carbons (Fsp3) is 0.250. The fourth-order valence-corrected chi connectivity index (χ4v) is 3.33. The zero-order valence-electron chi connectivity index (χ0n) is 17.7. The minimum atomic E-state index is -0.711. The van der Waals surface area contributed by atoms with Crippen molar-refractivity contribution in [1.29, 1.82) is 0 Å². The molecule has 3 aromatic rings. The molecule has 0 aliphatic carbocycles. The average Bonchev–Trinajstić information content (AvgIpc) is 3.06. The first-order chi connectivity index (χ1) is 14.8. The molecule has 0 fully saturated rings. The molecule has 0 saturated heterocycles. The summed E-state index contributed by atoms with van der Waals surface area (Å²) in [6.45, 7) is 6.01. The Morgan fingerprint density at radius 2 is 1.74 bits per heavy atom. The van der Waals surface area contributed by atoms with Crippen LogP contribution < -0.4 is 5.32 Å². The molecule has 0 unspecified atom stereocenters. The number of halogens is 2. The number of rotatable bonds is 7. The summed E-state index contributed by atoms with van der Waals surface area (Å²) in [4.78, 5) is 24.8. The lowest BCUT2D eigenvalue weighted by Crippen LogP contribution is -2.16. The number of aryl methyl sites for hydroxylation is 1. The van der Waals surface area contributed by atoms with Gasteiger partial charge in [-0.15, -0.1) is 0 Å². The maximum Gasteiger partial charge on any atom is 0.339 e. The summed E-state index contributed by atoms with van der Waals surface area (Å²) in [6.07, 6.45) is 0.00655. The normalized spacial score (nSPS) is 10.7. The van der Waals surface area contributed by atoms with Crippen LogP contribution in [0.25, 0.3) is 11.3 Å². The van der Waals surface area contributed by atoms with Crippen LogP contribution in [0.4, 0.5) is 14.5 Å². The predicted octanol–water partition coefficient (Wildman–Crippen LogP) is 5.26. The van der Waals surface area contributed by atoms with E-state index in [1.807, 2.05) is 35.8 Å². The van der Waals surface area contributed by atoms with Gasteiger partial charge in [-0.25, -0.2) is 13.6 Å². The maximum atomic E-state index is 13.8. The zero-order chi connectivity index (χ0) is 22.5. The second-order valence-corrected chi connectivity index (χ2v) is 7.19. The van der Waals surface area contributed by atoms with E-state index in [1.165, 1.54) is 0 Å². The van der Waals surface area contributed by atoms with Crippen LogP contribution in [0.3, 0.4) is 0 Å². The Kier molecular flexibility index (Phi) is 6.84. The third-order valence-electron chi connectivity index (χ3n) is 4.97. The molecule has 0 radical (unpaired) electrons. The number of anilines is 1. The van der Waals surface area contributed by atoms with Gasteiger partial charge in [0.1, 0.15) is 11.6 Å². The van der Waals surface area contributed by atoms with Gasteiger partial charge in [0.25, 0.3) is 0 Å². The topological polar surface area (TPSA) is 60.3 Å². The summed E-state index contributed by atoms with van der Waals surface area (Å²) in [5.41, 5.74) is 3.64. The lowest BCUT2D eigenvalue weighted by atomic mass is 10.1. The van der Waals surface area contributed by atoms with Gasteiger partial charge in [-0.1, -0.05) is 29.8 Å². The molecule has 0 bridgehead atoms. The summed E-state index contributed by atoms with van der Waals surface area (Å²) in [5.74, 6) is -2.25. The number of amides is 1. The maximum absolute atomic E-state index is 13.8. The number of carbonyl (C=O) groups is 2. The highest BCUT2D eigenvalue weighted by Crippen LogP contribution is 2.27. The lowest BCUT2D eigenvalue weighted by Gasteiger charge is -2.13. The van der Waals surface area contributed by atoms with Crippen LogP contribution in [0.5, 0.6) is 0 Å². The van der Waals surface area contributed by atoms with Gasteiger partial charge in [0.15, 0.2) is 0 Å². The largest absolute Gasteiger partial charge is 0.462 e. The van der Waals surface area contributed by atoms with Gasteiger partial charge in [-0.05, 0) is 44.5 Å². The molecule has 0 spiro atoms. The van der Waals surface area contributed by atoms with Crippen LogP contribution in [-0.2, 0) is 16.1 Å². The number of esters is 1. The number of hydrogen-bond acceptors (Lipinski definition) is 3. The third-order valence-corrected chi connectivity index (χ3v) is 4.97. The van der Waals surface area contributed by atoms with Crippen molar-refractivity contribution in [3.05, 3.63) is 77.0 Å². The molecule has 5 nitrogen and oxygen atoms in total. The van der Waals surface area contributed by atoms with Crippen LogP contribution in [0, 0.1) is 25.5 Å². The Hall–Kier alpha value is -3.48. The number of aromatic nitrogens is 1. The smallest absolute Gasteiger partial charge is 0.339 e. The average molecular weight is 426 g/mol. The highest BCUT2D eigenvalue weighted by Gasteiger charge is 2.20. The molecule has 0 aliphatic heterocycles. The Labute approximate surface area is 179 Å². The second kappa shape index (κ2) is 9.55. The van der Waals surface area contributed by atoms with E-state index in [1.54, 1.807) is 19.9 Å². The molecule has 1 heterocycles. The standard InChI is InChI=1S/C24H24F2N2O3/c1-4-31-24(30)19-14-22(17-7-5-15(2)6-8-17)28(16(19)3)12-11-23(29)27-21-13-18(25)9-10-20(21)26/h5-10,13-14H,4,11-12H2,1-3H3,(H,27,29). The fourth-order valence-electron chi connectivity index (χ4n) is 3.33. The first-order valence-corrected chi connectivity index (χ1v) is 9.99. The molecule has 0 saturated carbocycles. The van der Waals surface area contributed by atoms with E-state index in [4.69, 9.17) is 4.74 Å². The molecule has 1 amide bonds. The number of nitrogens with zero attached hydrogens (tertiary/aromatic N) is 1. The van der Waals surface area contributed by atoms with Crippen LogP contribution in [-0.4, -0.2) is 23.1 Å². The minimum Gasteiger partial charge on any atom is -0.462 e. The lowest BCUT2D eigenvalue weighted by molar-refractivity contribution is -0.116. The van der Waals surface area contributed by atoms with E-state index in [2.05, 4.69) is 5.32 Å². The van der Waals surface area contributed by atoms with E-state index < -0.39 is 23.5 Å². The molecule has 0 atom stereocenters. The summed E-state index contributed by atoms with van der Waals surface area (Å²) < 4.78 is 34.2. The monoisotopic (exact) mass is 426 g/mol. The van der Waals surface area contributed by atoms with E-state index in [0.717, 1.165) is 35.0 Å². The molecule has 31 heavy (non-hydrogen) atoms. The van der Waals surface area contributed by atoms with Gasteiger partial charge in [0.05, 0.1) is 17.9 Å². The molecule has 1 N–H and O–H groups in total. The van der Waals surface area contributed by atoms with Crippen molar-refractivity contribution in [2.24, 2.45) is 0 Å². The van der Waals surface area contributed by atoms with Crippen molar-refractivity contribution < 1.29 is 23.1 Å². The molecular formula is C24H24F2N2O3. The molecule has 2 aromatic carbocycles. The molecule has 3 rings (SSSR count). The first kappa shape index (κ1) is 22.2. The van der Waals surface area contributed by atoms with Gasteiger partial charge >= 0.3 is 5.97 Å². The van der Waals surface area contributed by atoms with Crippen molar-refractivity contribution in [2.75, 3.05) is 11.9 Å². The van der Waals surface area contributed by atoms with E-state index in [-0.39, 0.29) is 25.3 Å². The molecule has 162 valence electrons. The molecule has 0 aliphatic rings. The van der Waals surface area contributed by atoms with Gasteiger partial charge in [-0.3, -0.25) is 4.79 Å². The van der Waals surface area contributed by atoms with Crippen molar-refractivity contribution in [1.82, 2.24) is 4.57 Å². The Bertz CT molecular complexity index is 1100. The Morgan fingerprint density at radius 1 is 1.03 bits per heavy atom. The number of hydrogen-bond donors (Lipinski definition) is 1. The Balaban J connectivity index is 1.86. The SMILES string of the molecule is CCOC(=O)c1cc(-c2ccc(C)cc2)n(CCC(=O)Nc2cc(F)ccc2F)c1C. The summed E-state index contributed by atoms with van der Waals surface area (Å²) >= 11 is 0. The number of benzene rings is 2.